The van der Waals surface area contributed by atoms with E-state index in [1.807, 2.05) is 18.2 Å². The zero-order valence-electron chi connectivity index (χ0n) is 32.8. The predicted molar refractivity (Wildman–Crippen MR) is 227 cm³/mol. The van der Waals surface area contributed by atoms with E-state index in [-0.39, 0.29) is 22.3 Å². The van der Waals surface area contributed by atoms with Gasteiger partial charge in [-0.25, -0.2) is 0 Å². The molecule has 0 atom stereocenters. The van der Waals surface area contributed by atoms with Crippen molar-refractivity contribution in [3.63, 3.8) is 0 Å². The van der Waals surface area contributed by atoms with Gasteiger partial charge < -0.3 is 4.90 Å². The number of allylic oxidation sites excluding steroid dienone is 8. The van der Waals surface area contributed by atoms with Crippen LogP contribution in [-0.2, 0) is 39.4 Å². The fourth-order valence-electron chi connectivity index (χ4n) is 8.10. The normalized spacial score (nSPS) is 17.6. The van der Waals surface area contributed by atoms with Crippen molar-refractivity contribution in [3.05, 3.63) is 132 Å². The third-order valence-corrected chi connectivity index (χ3v) is 13.7. The Kier molecular flexibility index (Phi) is 12.0. The van der Waals surface area contributed by atoms with Crippen LogP contribution >= 0.6 is 0 Å². The molecule has 2 aliphatic rings. The van der Waals surface area contributed by atoms with Crippen molar-refractivity contribution < 1.29 is 29.8 Å². The van der Waals surface area contributed by atoms with Crippen LogP contribution in [0.3, 0.4) is 0 Å². The molecule has 55 heavy (non-hydrogen) atoms. The number of nitrogens with zero attached hydrogens (tertiary/aromatic N) is 2. The monoisotopic (exact) mass is 781 g/mol. The van der Waals surface area contributed by atoms with E-state index in [1.165, 1.54) is 58.3 Å². The minimum absolute atomic E-state index is 0.00410. The summed E-state index contributed by atoms with van der Waals surface area (Å²) in [6.45, 7) is 10.4. The average Bonchev–Trinajstić information content (AvgIpc) is 3.52. The highest BCUT2D eigenvalue weighted by molar-refractivity contribution is 7.86. The number of rotatable bonds is 16. The summed E-state index contributed by atoms with van der Waals surface area (Å²) in [6.07, 6.45) is 17.0. The van der Waals surface area contributed by atoms with Gasteiger partial charge in [-0.15, -0.1) is 0 Å². The lowest BCUT2D eigenvalue weighted by molar-refractivity contribution is -0.436. The fraction of sp³-hybridized carbons (Fsp3) is 0.356. The van der Waals surface area contributed by atoms with Gasteiger partial charge in [0.25, 0.3) is 20.2 Å². The second-order valence-corrected chi connectivity index (χ2v) is 19.0. The Morgan fingerprint density at radius 3 is 1.87 bits per heavy atom. The van der Waals surface area contributed by atoms with E-state index >= 15 is 0 Å². The number of hydrogen-bond acceptors (Lipinski definition) is 7. The Hall–Kier alpha value is -4.35. The molecule has 6 rings (SSSR count). The highest BCUT2D eigenvalue weighted by Gasteiger charge is 2.45. The van der Waals surface area contributed by atoms with E-state index in [1.54, 1.807) is 0 Å². The van der Waals surface area contributed by atoms with E-state index in [0.717, 1.165) is 11.4 Å². The standard InChI is InChI=1S/C45H53N2O6S2/c1-44(2)38-28-26-34-20-12-14-22-36(34)42(38)46(30-16-18-32-54(48,49)52-5)40(44)24-10-8-7-9-11-25-41-45(3,4)39-29-27-35-21-13-15-23-37(35)43(39)47(41)31-17-19-33-55(50,51)53-6/h7-15,20-29H,16-19,30-33H2,1-6H3/q+1. The van der Waals surface area contributed by atoms with Gasteiger partial charge in [0, 0.05) is 41.1 Å². The van der Waals surface area contributed by atoms with Crippen LogP contribution in [0.15, 0.2) is 121 Å². The number of fused-ring (bicyclic) bond motifs is 6. The highest BCUT2D eigenvalue weighted by atomic mass is 32.2. The molecule has 0 fully saturated rings. The van der Waals surface area contributed by atoms with Gasteiger partial charge >= 0.3 is 0 Å². The second kappa shape index (κ2) is 16.4. The zero-order valence-corrected chi connectivity index (χ0v) is 34.4. The summed E-state index contributed by atoms with van der Waals surface area (Å²) in [5, 5.41) is 4.72. The Morgan fingerprint density at radius 1 is 0.636 bits per heavy atom. The molecular weight excluding hydrogens is 729 g/mol. The van der Waals surface area contributed by atoms with Crippen molar-refractivity contribution in [2.24, 2.45) is 0 Å². The molecule has 0 bridgehead atoms. The lowest BCUT2D eigenvalue weighted by atomic mass is 9.80. The molecule has 4 aromatic rings. The third-order valence-electron chi connectivity index (χ3n) is 11.1. The third kappa shape index (κ3) is 8.43. The lowest BCUT2D eigenvalue weighted by Crippen LogP contribution is -2.28. The van der Waals surface area contributed by atoms with E-state index in [4.69, 9.17) is 0 Å². The summed E-state index contributed by atoms with van der Waals surface area (Å²) in [4.78, 5) is 2.37. The van der Waals surface area contributed by atoms with Crippen LogP contribution in [-0.4, -0.2) is 65.9 Å². The maximum atomic E-state index is 12.0. The summed E-state index contributed by atoms with van der Waals surface area (Å²) in [5.41, 5.74) is 6.69. The first-order valence-electron chi connectivity index (χ1n) is 19.0. The van der Waals surface area contributed by atoms with Gasteiger partial charge in [0.2, 0.25) is 5.69 Å². The van der Waals surface area contributed by atoms with Crippen LogP contribution in [0.2, 0.25) is 0 Å². The number of anilines is 1. The predicted octanol–water partition coefficient (Wildman–Crippen LogP) is 9.23. The molecule has 0 spiro atoms. The molecule has 0 amide bonds. The van der Waals surface area contributed by atoms with Crippen LogP contribution in [0, 0.1) is 0 Å². The summed E-state index contributed by atoms with van der Waals surface area (Å²) in [6, 6.07) is 25.7. The molecule has 10 heteroatoms. The summed E-state index contributed by atoms with van der Waals surface area (Å²) in [5.74, 6) is -0.00819. The maximum absolute atomic E-state index is 12.0. The molecular formula is C45H53N2O6S2+. The van der Waals surface area contributed by atoms with E-state index in [0.29, 0.717) is 38.8 Å². The van der Waals surface area contributed by atoms with Gasteiger partial charge in [0.15, 0.2) is 5.71 Å². The molecule has 0 saturated carbocycles. The van der Waals surface area contributed by atoms with Gasteiger partial charge in [-0.05, 0) is 61.6 Å². The Labute approximate surface area is 327 Å². The van der Waals surface area contributed by atoms with E-state index < -0.39 is 20.2 Å². The number of hydrogen-bond donors (Lipinski definition) is 0. The van der Waals surface area contributed by atoms with Crippen molar-refractivity contribution in [1.29, 1.82) is 0 Å². The average molecular weight is 782 g/mol. The smallest absolute Gasteiger partial charge is 0.267 e. The lowest BCUT2D eigenvalue weighted by Gasteiger charge is -2.27. The van der Waals surface area contributed by atoms with Crippen molar-refractivity contribution in [2.45, 2.75) is 64.2 Å². The fourth-order valence-corrected chi connectivity index (χ4v) is 9.55. The van der Waals surface area contributed by atoms with Gasteiger partial charge in [-0.3, -0.25) is 8.37 Å². The summed E-state index contributed by atoms with van der Waals surface area (Å²) < 4.78 is 59.8. The van der Waals surface area contributed by atoms with Crippen LogP contribution < -0.4 is 4.90 Å². The first kappa shape index (κ1) is 40.3. The molecule has 2 aliphatic heterocycles. The quantitative estimate of drug-likeness (QED) is 0.0485. The van der Waals surface area contributed by atoms with Crippen molar-refractivity contribution >= 4 is 58.9 Å². The molecule has 8 nitrogen and oxygen atoms in total. The zero-order chi connectivity index (χ0) is 39.4. The maximum Gasteiger partial charge on any atom is 0.267 e. The van der Waals surface area contributed by atoms with Crippen LogP contribution in [0.25, 0.3) is 21.5 Å². The molecule has 290 valence electrons. The van der Waals surface area contributed by atoms with Crippen molar-refractivity contribution in [3.8, 4) is 0 Å². The molecule has 0 N–H and O–H groups in total. The Bertz CT molecular complexity index is 2460. The highest BCUT2D eigenvalue weighted by Crippen LogP contribution is 2.51. The Morgan fingerprint density at radius 2 is 1.20 bits per heavy atom. The molecule has 0 aromatic heterocycles. The van der Waals surface area contributed by atoms with Crippen LogP contribution in [0.5, 0.6) is 0 Å². The van der Waals surface area contributed by atoms with Crippen molar-refractivity contribution in [1.82, 2.24) is 0 Å². The second-order valence-electron chi connectivity index (χ2n) is 15.3. The largest absolute Gasteiger partial charge is 0.343 e. The van der Waals surface area contributed by atoms with Gasteiger partial charge in [0.05, 0.1) is 42.2 Å². The van der Waals surface area contributed by atoms with Gasteiger partial charge in [-0.1, -0.05) is 111 Å². The van der Waals surface area contributed by atoms with E-state index in [2.05, 4.69) is 143 Å². The minimum atomic E-state index is -3.51. The van der Waals surface area contributed by atoms with Crippen LogP contribution in [0.1, 0.15) is 64.5 Å². The summed E-state index contributed by atoms with van der Waals surface area (Å²) in [7, 11) is -4.59. The number of unbranched alkanes of at least 4 members (excludes halogenated alkanes) is 2. The SMILES string of the molecule is COS(=O)(=O)CCCCN1/C(=C/C=C/C=C/C=C/C2=[N+](CCCCS(=O)(=O)OC)c3c(ccc4ccccc34)C2(C)C)C(C)(C)c2ccc3ccccc3c21. The molecule has 0 unspecified atom stereocenters. The molecule has 0 radical (unpaired) electrons. The summed E-state index contributed by atoms with van der Waals surface area (Å²) >= 11 is 0. The van der Waals surface area contributed by atoms with Gasteiger partial charge in [0.1, 0.15) is 6.54 Å². The first-order chi connectivity index (χ1) is 26.2. The molecule has 2 heterocycles. The van der Waals surface area contributed by atoms with Crippen LogP contribution in [0.4, 0.5) is 11.4 Å². The molecule has 4 aromatic carbocycles. The van der Waals surface area contributed by atoms with Crippen molar-refractivity contribution in [2.75, 3.05) is 43.7 Å². The first-order valence-corrected chi connectivity index (χ1v) is 22.1. The Balaban J connectivity index is 1.26. The van der Waals surface area contributed by atoms with E-state index in [9.17, 15) is 16.8 Å². The topological polar surface area (TPSA) is 93.0 Å². The number of benzene rings is 4. The molecule has 0 aliphatic carbocycles. The molecule has 0 saturated heterocycles. The van der Waals surface area contributed by atoms with Gasteiger partial charge in [-0.2, -0.15) is 21.4 Å². The minimum Gasteiger partial charge on any atom is -0.343 e.